The van der Waals surface area contributed by atoms with E-state index >= 15 is 0 Å². The van der Waals surface area contributed by atoms with Gasteiger partial charge in [0.15, 0.2) is 6.10 Å². The molecule has 1 heterocycles. The van der Waals surface area contributed by atoms with Crippen LogP contribution in [0.2, 0.25) is 0 Å². The van der Waals surface area contributed by atoms with E-state index in [0.717, 1.165) is 37.6 Å². The molecule has 1 aliphatic heterocycles. The van der Waals surface area contributed by atoms with Crippen LogP contribution in [-0.2, 0) is 9.53 Å². The summed E-state index contributed by atoms with van der Waals surface area (Å²) in [7, 11) is 0. The first-order valence-corrected chi connectivity index (χ1v) is 9.18. The molecular weight excluding hydrogens is 347 g/mol. The Balaban J connectivity index is 1.54. The molecule has 2 aromatic rings. The van der Waals surface area contributed by atoms with Crippen molar-refractivity contribution < 1.29 is 18.7 Å². The van der Waals surface area contributed by atoms with Gasteiger partial charge >= 0.3 is 0 Å². The molecule has 0 aromatic heterocycles. The summed E-state index contributed by atoms with van der Waals surface area (Å²) in [6.45, 7) is 6.90. The van der Waals surface area contributed by atoms with Crippen LogP contribution < -0.4 is 15.0 Å². The number of carbonyl (C=O) groups is 1. The normalized spacial score (nSPS) is 16.5. The van der Waals surface area contributed by atoms with Crippen LogP contribution >= 0.6 is 0 Å². The first-order chi connectivity index (χ1) is 13.0. The zero-order chi connectivity index (χ0) is 19.2. The molecule has 1 amide bonds. The third-order valence-electron chi connectivity index (χ3n) is 4.62. The minimum atomic E-state index is -0.675. The van der Waals surface area contributed by atoms with Crippen molar-refractivity contribution in [2.24, 2.45) is 0 Å². The van der Waals surface area contributed by atoms with E-state index in [4.69, 9.17) is 9.47 Å². The molecular formula is C21H25FN2O3. The minimum absolute atomic E-state index is 0.143. The number of rotatable bonds is 6. The van der Waals surface area contributed by atoms with Crippen LogP contribution in [0.5, 0.6) is 5.75 Å². The second-order valence-corrected chi connectivity index (χ2v) is 6.64. The number of anilines is 1. The predicted molar refractivity (Wildman–Crippen MR) is 103 cm³/mol. The number of halogens is 1. The number of hydrogen-bond acceptors (Lipinski definition) is 4. The summed E-state index contributed by atoms with van der Waals surface area (Å²) in [6, 6.07) is 13.7. The average Bonchev–Trinajstić information content (AvgIpc) is 2.70. The molecule has 144 valence electrons. The van der Waals surface area contributed by atoms with Gasteiger partial charge < -0.3 is 19.7 Å². The molecule has 6 heteroatoms. The maximum absolute atomic E-state index is 12.9. The van der Waals surface area contributed by atoms with Crippen molar-refractivity contribution in [3.8, 4) is 5.75 Å². The van der Waals surface area contributed by atoms with Gasteiger partial charge in [-0.05, 0) is 55.8 Å². The van der Waals surface area contributed by atoms with Gasteiger partial charge in [-0.25, -0.2) is 4.39 Å². The fourth-order valence-corrected chi connectivity index (χ4v) is 2.98. The maximum Gasteiger partial charge on any atom is 0.261 e. The monoisotopic (exact) mass is 372 g/mol. The molecule has 0 spiro atoms. The van der Waals surface area contributed by atoms with Crippen LogP contribution in [0.3, 0.4) is 0 Å². The number of carbonyl (C=O) groups excluding carboxylic acids is 1. The molecule has 1 fully saturated rings. The molecule has 3 rings (SSSR count). The fourth-order valence-electron chi connectivity index (χ4n) is 2.98. The van der Waals surface area contributed by atoms with Gasteiger partial charge in [0.05, 0.1) is 19.3 Å². The van der Waals surface area contributed by atoms with Gasteiger partial charge in [-0.1, -0.05) is 12.1 Å². The molecule has 1 N–H and O–H groups in total. The summed E-state index contributed by atoms with van der Waals surface area (Å²) in [4.78, 5) is 14.7. The molecule has 0 saturated carbocycles. The second kappa shape index (κ2) is 8.86. The fraction of sp³-hybridized carbons (Fsp3) is 0.381. The molecule has 2 atom stereocenters. The summed E-state index contributed by atoms with van der Waals surface area (Å²) in [5.74, 6) is -0.0979. The van der Waals surface area contributed by atoms with Crippen molar-refractivity contribution in [3.05, 3.63) is 59.9 Å². The van der Waals surface area contributed by atoms with Gasteiger partial charge in [-0.3, -0.25) is 4.79 Å². The van der Waals surface area contributed by atoms with E-state index in [9.17, 15) is 9.18 Å². The number of nitrogens with one attached hydrogen (secondary N) is 1. The highest BCUT2D eigenvalue weighted by Crippen LogP contribution is 2.20. The average molecular weight is 372 g/mol. The maximum atomic E-state index is 12.9. The number of ether oxygens (including phenoxy) is 2. The standard InChI is InChI=1S/C21H25FN2O3/c1-15(17-3-7-19(8-4-17)24-11-13-26-14-12-24)23-21(25)16(2)27-20-9-5-18(22)6-10-20/h3-10,15-16H,11-14H2,1-2H3,(H,23,25)/t15-,16+/m0/s1. The third kappa shape index (κ3) is 5.20. The van der Waals surface area contributed by atoms with E-state index in [1.807, 2.05) is 19.1 Å². The van der Waals surface area contributed by atoms with E-state index in [1.54, 1.807) is 6.92 Å². The largest absolute Gasteiger partial charge is 0.481 e. The van der Waals surface area contributed by atoms with Crippen LogP contribution in [0.15, 0.2) is 48.5 Å². The molecule has 0 radical (unpaired) electrons. The minimum Gasteiger partial charge on any atom is -0.481 e. The lowest BCUT2D eigenvalue weighted by atomic mass is 10.1. The molecule has 1 aliphatic rings. The van der Waals surface area contributed by atoms with Gasteiger partial charge in [-0.2, -0.15) is 0 Å². The summed E-state index contributed by atoms with van der Waals surface area (Å²) < 4.78 is 23.9. The van der Waals surface area contributed by atoms with Crippen LogP contribution in [0, 0.1) is 5.82 Å². The number of benzene rings is 2. The molecule has 27 heavy (non-hydrogen) atoms. The van der Waals surface area contributed by atoms with Crippen LogP contribution in [0.4, 0.5) is 10.1 Å². The Kier molecular flexibility index (Phi) is 6.29. The van der Waals surface area contributed by atoms with Gasteiger partial charge in [0.1, 0.15) is 11.6 Å². The van der Waals surface area contributed by atoms with Crippen molar-refractivity contribution in [2.45, 2.75) is 26.0 Å². The molecule has 0 aliphatic carbocycles. The van der Waals surface area contributed by atoms with Crippen molar-refractivity contribution >= 4 is 11.6 Å². The molecule has 0 bridgehead atoms. The van der Waals surface area contributed by atoms with Crippen molar-refractivity contribution in [3.63, 3.8) is 0 Å². The zero-order valence-corrected chi connectivity index (χ0v) is 15.7. The number of amides is 1. The Morgan fingerprint density at radius 2 is 1.70 bits per heavy atom. The molecule has 1 saturated heterocycles. The molecule has 2 aromatic carbocycles. The van der Waals surface area contributed by atoms with Crippen molar-refractivity contribution in [2.75, 3.05) is 31.2 Å². The number of nitrogens with zero attached hydrogens (tertiary/aromatic N) is 1. The van der Waals surface area contributed by atoms with E-state index in [1.165, 1.54) is 24.3 Å². The lowest BCUT2D eigenvalue weighted by Gasteiger charge is -2.29. The van der Waals surface area contributed by atoms with Crippen LogP contribution in [0.1, 0.15) is 25.5 Å². The Morgan fingerprint density at radius 1 is 1.07 bits per heavy atom. The van der Waals surface area contributed by atoms with Gasteiger partial charge in [0.25, 0.3) is 5.91 Å². The van der Waals surface area contributed by atoms with Crippen molar-refractivity contribution in [1.82, 2.24) is 5.32 Å². The Morgan fingerprint density at radius 3 is 2.33 bits per heavy atom. The zero-order valence-electron chi connectivity index (χ0n) is 15.7. The number of morpholine rings is 1. The predicted octanol–water partition coefficient (Wildman–Crippen LogP) is 3.31. The summed E-state index contributed by atoms with van der Waals surface area (Å²) >= 11 is 0. The van der Waals surface area contributed by atoms with Gasteiger partial charge in [0, 0.05) is 18.8 Å². The van der Waals surface area contributed by atoms with E-state index in [-0.39, 0.29) is 17.8 Å². The first kappa shape index (κ1) is 19.2. The SMILES string of the molecule is C[C@H](NC(=O)[C@@H](C)Oc1ccc(F)cc1)c1ccc(N2CCOCC2)cc1. The topological polar surface area (TPSA) is 50.8 Å². The van der Waals surface area contributed by atoms with E-state index in [2.05, 4.69) is 22.3 Å². The Bertz CT molecular complexity index is 743. The summed E-state index contributed by atoms with van der Waals surface area (Å²) in [6.07, 6.45) is -0.675. The summed E-state index contributed by atoms with van der Waals surface area (Å²) in [5, 5.41) is 2.95. The van der Waals surface area contributed by atoms with E-state index in [0.29, 0.717) is 5.75 Å². The highest BCUT2D eigenvalue weighted by Gasteiger charge is 2.18. The molecule has 5 nitrogen and oxygen atoms in total. The van der Waals surface area contributed by atoms with Crippen molar-refractivity contribution in [1.29, 1.82) is 0 Å². The lowest BCUT2D eigenvalue weighted by Crippen LogP contribution is -2.38. The highest BCUT2D eigenvalue weighted by molar-refractivity contribution is 5.81. The highest BCUT2D eigenvalue weighted by atomic mass is 19.1. The quantitative estimate of drug-likeness (QED) is 0.845. The Hall–Kier alpha value is -2.60. The Labute approximate surface area is 159 Å². The van der Waals surface area contributed by atoms with Crippen LogP contribution in [0.25, 0.3) is 0 Å². The van der Waals surface area contributed by atoms with Gasteiger partial charge in [-0.15, -0.1) is 0 Å². The third-order valence-corrected chi connectivity index (χ3v) is 4.62. The van der Waals surface area contributed by atoms with Crippen LogP contribution in [-0.4, -0.2) is 38.3 Å². The first-order valence-electron chi connectivity index (χ1n) is 9.18. The smallest absolute Gasteiger partial charge is 0.261 e. The second-order valence-electron chi connectivity index (χ2n) is 6.64. The number of hydrogen-bond donors (Lipinski definition) is 1. The lowest BCUT2D eigenvalue weighted by molar-refractivity contribution is -0.127. The molecule has 0 unspecified atom stereocenters. The van der Waals surface area contributed by atoms with E-state index < -0.39 is 6.10 Å². The van der Waals surface area contributed by atoms with Gasteiger partial charge in [0.2, 0.25) is 0 Å². The summed E-state index contributed by atoms with van der Waals surface area (Å²) in [5.41, 5.74) is 2.18.